The van der Waals surface area contributed by atoms with E-state index in [-0.39, 0.29) is 27.6 Å². The molecule has 0 unspecified atom stereocenters. The van der Waals surface area contributed by atoms with Gasteiger partial charge in [0, 0.05) is 23.4 Å². The fraction of sp³-hybridized carbons (Fsp3) is 0.208. The van der Waals surface area contributed by atoms with E-state index in [1.165, 1.54) is 43.5 Å². The van der Waals surface area contributed by atoms with E-state index in [2.05, 4.69) is 10.0 Å². The zero-order valence-electron chi connectivity index (χ0n) is 19.4. The Labute approximate surface area is 203 Å². The number of aryl methyl sites for hydroxylation is 1. The van der Waals surface area contributed by atoms with Gasteiger partial charge in [-0.2, -0.15) is 0 Å². The summed E-state index contributed by atoms with van der Waals surface area (Å²) in [4.78, 5) is 22.9. The zero-order chi connectivity index (χ0) is 25.6. The second-order valence-corrected chi connectivity index (χ2v) is 9.23. The van der Waals surface area contributed by atoms with Gasteiger partial charge in [-0.05, 0) is 67.4 Å². The number of rotatable bonds is 10. The molecule has 0 atom stereocenters. The highest BCUT2D eigenvalue weighted by Gasteiger charge is 2.20. The smallest absolute Gasteiger partial charge is 0.271 e. The summed E-state index contributed by atoms with van der Waals surface area (Å²) in [6.45, 7) is 4.46. The van der Waals surface area contributed by atoms with Crippen molar-refractivity contribution in [1.82, 2.24) is 0 Å². The Morgan fingerprint density at radius 2 is 1.74 bits per heavy atom. The molecule has 184 valence electrons. The number of nitro groups is 1. The number of carbonyl (C=O) groups excluding carboxylic acids is 1. The van der Waals surface area contributed by atoms with E-state index < -0.39 is 20.9 Å². The predicted octanol–water partition coefficient (Wildman–Crippen LogP) is 4.75. The average molecular weight is 500 g/mol. The molecular weight excluding hydrogens is 474 g/mol. The molecule has 35 heavy (non-hydrogen) atoms. The van der Waals surface area contributed by atoms with Gasteiger partial charge in [0.1, 0.15) is 11.5 Å². The quantitative estimate of drug-likeness (QED) is 0.303. The molecular formula is C24H25N3O7S. The van der Waals surface area contributed by atoms with Crippen LogP contribution in [-0.2, 0) is 10.0 Å². The maximum absolute atomic E-state index is 12.8. The van der Waals surface area contributed by atoms with Crippen molar-refractivity contribution in [3.63, 3.8) is 0 Å². The lowest BCUT2D eigenvalue weighted by Gasteiger charge is -2.13. The Kier molecular flexibility index (Phi) is 7.92. The molecule has 1 amide bonds. The normalized spacial score (nSPS) is 10.9. The summed E-state index contributed by atoms with van der Waals surface area (Å²) >= 11 is 0. The van der Waals surface area contributed by atoms with Gasteiger partial charge in [-0.1, -0.05) is 6.92 Å². The average Bonchev–Trinajstić information content (AvgIpc) is 2.84. The first-order chi connectivity index (χ1) is 16.6. The van der Waals surface area contributed by atoms with Crippen LogP contribution in [-0.4, -0.2) is 33.0 Å². The van der Waals surface area contributed by atoms with Crippen molar-refractivity contribution in [2.75, 3.05) is 23.8 Å². The Bertz CT molecular complexity index is 1340. The Balaban J connectivity index is 1.75. The molecule has 3 rings (SSSR count). The van der Waals surface area contributed by atoms with Gasteiger partial charge in [0.25, 0.3) is 21.6 Å². The van der Waals surface area contributed by atoms with Crippen LogP contribution in [0.4, 0.5) is 17.1 Å². The number of non-ortho nitro benzene ring substituents is 1. The minimum absolute atomic E-state index is 0.0784. The molecule has 0 spiro atoms. The van der Waals surface area contributed by atoms with Gasteiger partial charge < -0.3 is 14.8 Å². The molecule has 11 heteroatoms. The standard InChI is InChI=1S/C24H25N3O7S/c1-4-13-34-19-8-11-21(16(2)14-19)25-24(28)17-5-9-20(10-6-17)35(31,32)26-22-15-18(27(29)30)7-12-23(22)33-3/h5-12,14-15,26H,4,13H2,1-3H3,(H,25,28). The lowest BCUT2D eigenvalue weighted by atomic mass is 10.1. The maximum atomic E-state index is 12.8. The third-order valence-corrected chi connectivity index (χ3v) is 6.37. The maximum Gasteiger partial charge on any atom is 0.271 e. The minimum atomic E-state index is -4.11. The van der Waals surface area contributed by atoms with Crippen molar-refractivity contribution in [2.45, 2.75) is 25.2 Å². The van der Waals surface area contributed by atoms with Gasteiger partial charge in [0.05, 0.1) is 29.2 Å². The van der Waals surface area contributed by atoms with E-state index in [1.807, 2.05) is 19.9 Å². The van der Waals surface area contributed by atoms with Crippen molar-refractivity contribution < 1.29 is 27.6 Å². The summed E-state index contributed by atoms with van der Waals surface area (Å²) in [6.07, 6.45) is 0.886. The first-order valence-corrected chi connectivity index (χ1v) is 12.1. The van der Waals surface area contributed by atoms with E-state index in [0.717, 1.165) is 18.1 Å². The van der Waals surface area contributed by atoms with Gasteiger partial charge in [0.15, 0.2) is 0 Å². The van der Waals surface area contributed by atoms with Gasteiger partial charge in [-0.3, -0.25) is 19.6 Å². The Hall–Kier alpha value is -4.12. The van der Waals surface area contributed by atoms with Crippen molar-refractivity contribution in [2.24, 2.45) is 0 Å². The Morgan fingerprint density at radius 3 is 2.34 bits per heavy atom. The molecule has 10 nitrogen and oxygen atoms in total. The second-order valence-electron chi connectivity index (χ2n) is 7.55. The molecule has 0 aromatic heterocycles. The molecule has 0 radical (unpaired) electrons. The summed E-state index contributed by atoms with van der Waals surface area (Å²) in [5.41, 5.74) is 1.31. The number of amides is 1. The monoisotopic (exact) mass is 499 g/mol. The van der Waals surface area contributed by atoms with Gasteiger partial charge in [-0.15, -0.1) is 0 Å². The first-order valence-electron chi connectivity index (χ1n) is 10.6. The highest BCUT2D eigenvalue weighted by atomic mass is 32.2. The van der Waals surface area contributed by atoms with Crippen LogP contribution in [0.15, 0.2) is 65.6 Å². The third-order valence-electron chi connectivity index (χ3n) is 4.98. The molecule has 0 aliphatic heterocycles. The van der Waals surface area contributed by atoms with Gasteiger partial charge >= 0.3 is 0 Å². The number of carbonyl (C=O) groups is 1. The largest absolute Gasteiger partial charge is 0.495 e. The number of hydrogen-bond acceptors (Lipinski definition) is 7. The van der Waals surface area contributed by atoms with Crippen LogP contribution in [0.2, 0.25) is 0 Å². The van der Waals surface area contributed by atoms with Crippen molar-refractivity contribution in [3.8, 4) is 11.5 Å². The summed E-state index contributed by atoms with van der Waals surface area (Å²) in [5.74, 6) is 0.425. The zero-order valence-corrected chi connectivity index (χ0v) is 20.2. The molecule has 2 N–H and O–H groups in total. The van der Waals surface area contributed by atoms with Gasteiger partial charge in [-0.25, -0.2) is 8.42 Å². The number of anilines is 2. The molecule has 0 saturated heterocycles. The summed E-state index contributed by atoms with van der Waals surface area (Å²) in [7, 11) is -2.79. The van der Waals surface area contributed by atoms with Crippen molar-refractivity contribution in [3.05, 3.63) is 81.9 Å². The SMILES string of the molecule is CCCOc1ccc(NC(=O)c2ccc(S(=O)(=O)Nc3cc([N+](=O)[O-])ccc3OC)cc2)c(C)c1. The van der Waals surface area contributed by atoms with E-state index >= 15 is 0 Å². The molecule has 0 saturated carbocycles. The van der Waals surface area contributed by atoms with Crippen LogP contribution in [0.3, 0.4) is 0 Å². The summed E-state index contributed by atoms with van der Waals surface area (Å²) < 4.78 is 38.6. The number of methoxy groups -OCH3 is 1. The number of hydrogen-bond donors (Lipinski definition) is 2. The van der Waals surface area contributed by atoms with Crippen LogP contribution >= 0.6 is 0 Å². The van der Waals surface area contributed by atoms with Crippen LogP contribution < -0.4 is 19.5 Å². The highest BCUT2D eigenvalue weighted by Crippen LogP contribution is 2.31. The van der Waals surface area contributed by atoms with E-state index in [1.54, 1.807) is 12.1 Å². The summed E-state index contributed by atoms with van der Waals surface area (Å²) in [5, 5.41) is 13.8. The molecule has 3 aromatic carbocycles. The van der Waals surface area contributed by atoms with E-state index in [0.29, 0.717) is 18.0 Å². The van der Waals surface area contributed by atoms with Crippen molar-refractivity contribution in [1.29, 1.82) is 0 Å². The van der Waals surface area contributed by atoms with E-state index in [4.69, 9.17) is 9.47 Å². The fourth-order valence-corrected chi connectivity index (χ4v) is 4.22. The minimum Gasteiger partial charge on any atom is -0.495 e. The number of nitrogens with zero attached hydrogens (tertiary/aromatic N) is 1. The fourth-order valence-electron chi connectivity index (χ4n) is 3.16. The highest BCUT2D eigenvalue weighted by molar-refractivity contribution is 7.92. The predicted molar refractivity (Wildman–Crippen MR) is 132 cm³/mol. The van der Waals surface area contributed by atoms with Crippen LogP contribution in [0.1, 0.15) is 29.3 Å². The van der Waals surface area contributed by atoms with E-state index in [9.17, 15) is 23.3 Å². The molecule has 0 fully saturated rings. The topological polar surface area (TPSA) is 137 Å². The molecule has 3 aromatic rings. The third kappa shape index (κ3) is 6.27. The van der Waals surface area contributed by atoms with Crippen LogP contribution in [0.5, 0.6) is 11.5 Å². The molecule has 0 aliphatic rings. The number of sulfonamides is 1. The van der Waals surface area contributed by atoms with Crippen LogP contribution in [0, 0.1) is 17.0 Å². The van der Waals surface area contributed by atoms with Gasteiger partial charge in [0.2, 0.25) is 0 Å². The number of nitro benzene ring substituents is 1. The van der Waals surface area contributed by atoms with Crippen molar-refractivity contribution >= 4 is 33.0 Å². The Morgan fingerprint density at radius 1 is 1.03 bits per heavy atom. The molecule has 0 aliphatic carbocycles. The lowest BCUT2D eigenvalue weighted by molar-refractivity contribution is -0.384. The number of nitrogens with one attached hydrogen (secondary N) is 2. The van der Waals surface area contributed by atoms with Crippen LogP contribution in [0.25, 0.3) is 0 Å². The molecule has 0 bridgehead atoms. The number of benzene rings is 3. The molecule has 0 heterocycles. The second kappa shape index (κ2) is 10.9. The summed E-state index contributed by atoms with van der Waals surface area (Å²) in [6, 6.07) is 14.2. The number of ether oxygens (including phenoxy) is 2. The first kappa shape index (κ1) is 25.5. The lowest BCUT2D eigenvalue weighted by Crippen LogP contribution is -2.15.